The van der Waals surface area contributed by atoms with Crippen LogP contribution in [-0.2, 0) is 28.6 Å². The minimum atomic E-state index is -4.01. The van der Waals surface area contributed by atoms with Gasteiger partial charge in [-0.25, -0.2) is 4.39 Å². The van der Waals surface area contributed by atoms with Crippen LogP contribution in [0.3, 0.4) is 0 Å². The van der Waals surface area contributed by atoms with Crippen LogP contribution in [0.4, 0.5) is 13.2 Å². The van der Waals surface area contributed by atoms with Crippen molar-refractivity contribution in [1.82, 2.24) is 4.57 Å². The van der Waals surface area contributed by atoms with E-state index in [0.29, 0.717) is 0 Å². The third-order valence-electron chi connectivity index (χ3n) is 6.57. The summed E-state index contributed by atoms with van der Waals surface area (Å²) >= 11 is 0. The molecule has 2 aromatic carbocycles. The number of fused-ring (bicyclic) bond motifs is 2. The van der Waals surface area contributed by atoms with Gasteiger partial charge in [-0.2, -0.15) is 0 Å². The molecule has 1 atom stereocenters. The van der Waals surface area contributed by atoms with E-state index in [0.717, 1.165) is 24.3 Å². The van der Waals surface area contributed by atoms with Gasteiger partial charge in [-0.15, -0.1) is 8.78 Å². The maximum atomic E-state index is 15.6. The molecule has 10 heteroatoms. The van der Waals surface area contributed by atoms with Gasteiger partial charge in [0, 0.05) is 28.4 Å². The molecule has 0 bridgehead atoms. The molecule has 1 fully saturated rings. The first-order chi connectivity index (χ1) is 19.6. The fraction of sp³-hybridized carbons (Fsp3) is 0.444. The fourth-order valence-corrected chi connectivity index (χ4v) is 4.50. The van der Waals surface area contributed by atoms with Gasteiger partial charge in [0.05, 0.1) is 39.5 Å². The molecule has 1 aromatic heterocycles. The second-order valence-electron chi connectivity index (χ2n) is 9.64. The Kier molecular flexibility index (Phi) is 4.51. The Balaban J connectivity index is 1.59. The number of ketones is 1. The van der Waals surface area contributed by atoms with Crippen LogP contribution in [0.2, 0.25) is 0 Å². The summed E-state index contributed by atoms with van der Waals surface area (Å²) in [6.45, 7) is -0.966. The van der Waals surface area contributed by atoms with Crippen LogP contribution in [0.25, 0.3) is 10.9 Å². The van der Waals surface area contributed by atoms with Gasteiger partial charge in [-0.3, -0.25) is 4.79 Å². The summed E-state index contributed by atoms with van der Waals surface area (Å²) in [7, 11) is 0. The zero-order valence-corrected chi connectivity index (χ0v) is 19.8. The normalized spacial score (nSPS) is 23.8. The molecule has 0 amide bonds. The first kappa shape index (κ1) is 19.1. The third kappa shape index (κ3) is 4.47. The average molecular weight is 526 g/mol. The molecule has 0 unspecified atom stereocenters. The van der Waals surface area contributed by atoms with Crippen LogP contribution in [-0.4, -0.2) is 51.2 Å². The van der Waals surface area contributed by atoms with Gasteiger partial charge >= 0.3 is 6.29 Å². The summed E-state index contributed by atoms with van der Waals surface area (Å²) in [6, 6.07) is 6.64. The quantitative estimate of drug-likeness (QED) is 0.395. The van der Waals surface area contributed by atoms with E-state index < -0.39 is 78.7 Å². The predicted octanol–water partition coefficient (Wildman–Crippen LogP) is 3.57. The van der Waals surface area contributed by atoms with Gasteiger partial charge in [0.25, 0.3) is 0 Å². The summed E-state index contributed by atoms with van der Waals surface area (Å²) < 4.78 is 102. The van der Waals surface area contributed by atoms with Gasteiger partial charge in [0.1, 0.15) is 11.6 Å². The topological polar surface area (TPSA) is 101 Å². The molecule has 3 N–H and O–H groups in total. The summed E-state index contributed by atoms with van der Waals surface area (Å²) in [5.74, 6) is -2.95. The molecular weight excluding hydrogens is 491 g/mol. The number of hydrogen-bond acceptors (Lipinski definition) is 6. The maximum Gasteiger partial charge on any atom is 0.586 e. The zero-order chi connectivity index (χ0) is 32.1. The second-order valence-corrected chi connectivity index (χ2v) is 9.64. The van der Waals surface area contributed by atoms with Crippen LogP contribution in [0.15, 0.2) is 36.4 Å². The number of ether oxygens (including phenoxy) is 2. The monoisotopic (exact) mass is 525 g/mol. The Morgan fingerprint density at radius 3 is 2.54 bits per heavy atom. The molecule has 1 aliphatic carbocycles. The molecular formula is C27H28F3NO6. The molecule has 198 valence electrons. The van der Waals surface area contributed by atoms with E-state index in [9.17, 15) is 28.9 Å². The van der Waals surface area contributed by atoms with Crippen molar-refractivity contribution >= 4 is 16.7 Å². The van der Waals surface area contributed by atoms with E-state index in [2.05, 4.69) is 9.47 Å². The van der Waals surface area contributed by atoms with Crippen molar-refractivity contribution in [1.29, 1.82) is 0 Å². The minimum Gasteiger partial charge on any atom is -0.395 e. The number of Topliss-reactive ketones (excluding diaryl/α,β-unsaturated/α-hetero) is 1. The fourth-order valence-electron chi connectivity index (χ4n) is 4.50. The highest BCUT2D eigenvalue weighted by atomic mass is 19.3. The van der Waals surface area contributed by atoms with Crippen molar-refractivity contribution in [3.8, 4) is 11.5 Å². The third-order valence-corrected chi connectivity index (χ3v) is 6.57. The zero-order valence-electron chi connectivity index (χ0n) is 25.8. The number of carbonyl (C=O) groups is 1. The number of benzene rings is 2. The van der Waals surface area contributed by atoms with Crippen LogP contribution in [0, 0.1) is 5.82 Å². The van der Waals surface area contributed by atoms with Crippen molar-refractivity contribution < 1.29 is 51.0 Å². The SMILES string of the molecule is [2H]C([2H])(O)C(C)(C)c1cc2cc(CC(=O)C3(c4ccc5c(c4)OC(F)(F)O5)C([2H])([2H])C3([2H])[2H])c(F)cc2n1C[C@@H](O)CO. The first-order valence-corrected chi connectivity index (χ1v) is 11.4. The summed E-state index contributed by atoms with van der Waals surface area (Å²) in [5.41, 5.74) is -4.40. The summed E-state index contributed by atoms with van der Waals surface area (Å²) in [6.07, 6.45) is -11.7. The van der Waals surface area contributed by atoms with Crippen LogP contribution < -0.4 is 9.47 Å². The van der Waals surface area contributed by atoms with Gasteiger partial charge in [-0.1, -0.05) is 19.9 Å². The Hall–Kier alpha value is -3.08. The lowest BCUT2D eigenvalue weighted by molar-refractivity contribution is -0.286. The Bertz CT molecular complexity index is 1620. The van der Waals surface area contributed by atoms with Crippen molar-refractivity contribution in [2.24, 2.45) is 0 Å². The van der Waals surface area contributed by atoms with Crippen LogP contribution in [0.5, 0.6) is 11.5 Å². The predicted molar refractivity (Wildman–Crippen MR) is 127 cm³/mol. The van der Waals surface area contributed by atoms with Crippen molar-refractivity contribution in [2.45, 2.75) is 62.8 Å². The Morgan fingerprint density at radius 2 is 1.89 bits per heavy atom. The second kappa shape index (κ2) is 8.75. The van der Waals surface area contributed by atoms with E-state index in [1.54, 1.807) is 0 Å². The van der Waals surface area contributed by atoms with Crippen molar-refractivity contribution in [3.05, 3.63) is 59.0 Å². The molecule has 1 aliphatic heterocycles. The largest absolute Gasteiger partial charge is 0.586 e. The number of aliphatic hydroxyl groups is 3. The lowest BCUT2D eigenvalue weighted by Crippen LogP contribution is -2.29. The molecule has 1 saturated carbocycles. The summed E-state index contributed by atoms with van der Waals surface area (Å²) in [5, 5.41) is 30.0. The van der Waals surface area contributed by atoms with Crippen LogP contribution >= 0.6 is 0 Å². The summed E-state index contributed by atoms with van der Waals surface area (Å²) in [4.78, 5) is 13.8. The smallest absolute Gasteiger partial charge is 0.395 e. The van der Waals surface area contributed by atoms with Crippen molar-refractivity contribution in [3.63, 3.8) is 0 Å². The molecule has 2 aliphatic rings. The van der Waals surface area contributed by atoms with Gasteiger partial charge < -0.3 is 29.4 Å². The lowest BCUT2D eigenvalue weighted by atomic mass is 9.87. The van der Waals surface area contributed by atoms with E-state index in [-0.39, 0.29) is 34.3 Å². The number of aromatic nitrogens is 1. The molecule has 0 spiro atoms. The van der Waals surface area contributed by atoms with Crippen LogP contribution in [0.1, 0.15) is 51.6 Å². The standard InChI is InChI=1S/C27H28F3NO6/c1-25(2,14-33)23-8-16-7-15(19(28)11-20(16)31(23)12-18(34)13-32)9-24(35)26(5-6-26)17-3-4-21-22(10-17)37-27(29,30)36-21/h3-4,7-8,10-11,18,32-34H,5-6,9,12-14H2,1-2H3/t18-/m1/s1/i5D2,6D2,14D2. The molecule has 2 heterocycles. The van der Waals surface area contributed by atoms with E-state index in [1.165, 1.54) is 30.5 Å². The Morgan fingerprint density at radius 1 is 1.19 bits per heavy atom. The molecule has 0 radical (unpaired) electrons. The number of hydrogen-bond donors (Lipinski definition) is 3. The van der Waals surface area contributed by atoms with Gasteiger partial charge in [0.2, 0.25) is 0 Å². The van der Waals surface area contributed by atoms with Gasteiger partial charge in [0.15, 0.2) is 11.5 Å². The molecule has 5 rings (SSSR count). The first-order valence-electron chi connectivity index (χ1n) is 14.4. The number of alkyl halides is 2. The number of halogens is 3. The molecule has 37 heavy (non-hydrogen) atoms. The molecule has 0 saturated heterocycles. The average Bonchev–Trinajstić information content (AvgIpc) is 3.17. The number of nitrogens with zero attached hydrogens (tertiary/aromatic N) is 1. The Labute approximate surface area is 219 Å². The molecule has 7 nitrogen and oxygen atoms in total. The van der Waals surface area contributed by atoms with E-state index in [1.807, 2.05) is 0 Å². The highest BCUT2D eigenvalue weighted by molar-refractivity contribution is 5.95. The number of rotatable bonds is 9. The lowest BCUT2D eigenvalue weighted by Gasteiger charge is -2.25. The highest BCUT2D eigenvalue weighted by Crippen LogP contribution is 2.52. The maximum absolute atomic E-state index is 15.6. The van der Waals surface area contributed by atoms with Gasteiger partial charge in [-0.05, 0) is 54.2 Å². The van der Waals surface area contributed by atoms with Crippen molar-refractivity contribution in [2.75, 3.05) is 13.2 Å². The molecule has 3 aromatic rings. The number of carbonyl (C=O) groups excluding carboxylic acids is 1. The minimum absolute atomic E-state index is 0.133. The van der Waals surface area contributed by atoms with E-state index >= 15 is 4.39 Å². The van der Waals surface area contributed by atoms with E-state index in [4.69, 9.17) is 8.22 Å². The highest BCUT2D eigenvalue weighted by Gasteiger charge is 2.52. The number of aliphatic hydroxyl groups excluding tert-OH is 2.